The number of para-hydroxylation sites is 1. The maximum Gasteiger partial charge on any atom is 0.573 e. The summed E-state index contributed by atoms with van der Waals surface area (Å²) in [7, 11) is 1.60. The molecule has 9 heteroatoms. The molecule has 1 aromatic heterocycles. The Morgan fingerprint density at radius 1 is 0.938 bits per heavy atom. The zero-order valence-corrected chi connectivity index (χ0v) is 18.2. The lowest BCUT2D eigenvalue weighted by Gasteiger charge is -2.21. The normalized spacial score (nSPS) is 11.7. The van der Waals surface area contributed by atoms with Gasteiger partial charge >= 0.3 is 6.36 Å². The number of methoxy groups -OCH3 is 1. The van der Waals surface area contributed by atoms with Crippen molar-refractivity contribution in [2.24, 2.45) is 0 Å². The second-order valence-electron chi connectivity index (χ2n) is 8.08. The lowest BCUT2D eigenvalue weighted by molar-refractivity contribution is -0.274. The number of nitrogens with zero attached hydrogens (tertiary/aromatic N) is 2. The molecule has 0 fully saturated rings. The summed E-state index contributed by atoms with van der Waals surface area (Å²) >= 11 is 0. The second kappa shape index (κ2) is 9.33. The van der Waals surface area contributed by atoms with E-state index in [1.165, 1.54) is 18.2 Å². The van der Waals surface area contributed by atoms with E-state index in [1.54, 1.807) is 19.2 Å². The van der Waals surface area contributed by atoms with Crippen LogP contribution in [0.4, 0.5) is 24.9 Å². The highest BCUT2D eigenvalue weighted by molar-refractivity contribution is 5.66. The van der Waals surface area contributed by atoms with Gasteiger partial charge in [-0.2, -0.15) is 4.98 Å². The minimum Gasteiger partial charge on any atom is -0.496 e. The summed E-state index contributed by atoms with van der Waals surface area (Å²) in [5.74, 6) is 1.27. The molecular weight excluding hydrogens is 421 g/mol. The van der Waals surface area contributed by atoms with Crippen molar-refractivity contribution in [3.8, 4) is 22.8 Å². The van der Waals surface area contributed by atoms with E-state index in [0.717, 1.165) is 11.3 Å². The molecular formula is C23H25F3N4O2. The molecule has 32 heavy (non-hydrogen) atoms. The Bertz CT molecular complexity index is 1070. The molecule has 0 spiro atoms. The SMILES string of the molecule is COc1ccccc1CNc1cc(-c2cccc(OC(F)(F)F)c2)nc(NC(C)(C)C)n1. The maximum atomic E-state index is 12.6. The van der Waals surface area contributed by atoms with E-state index in [-0.39, 0.29) is 11.3 Å². The third-order valence-corrected chi connectivity index (χ3v) is 4.23. The predicted octanol–water partition coefficient (Wildman–Crippen LogP) is 5.87. The zero-order chi connectivity index (χ0) is 23.4. The summed E-state index contributed by atoms with van der Waals surface area (Å²) in [5, 5.41) is 6.45. The Hall–Kier alpha value is -3.49. The molecule has 6 nitrogen and oxygen atoms in total. The van der Waals surface area contributed by atoms with Crippen molar-refractivity contribution in [2.75, 3.05) is 17.7 Å². The molecule has 0 amide bonds. The van der Waals surface area contributed by atoms with Gasteiger partial charge in [-0.25, -0.2) is 4.98 Å². The standard InChI is InChI=1S/C23H25F3N4O2/c1-22(2,3)30-21-28-18(15-9-7-10-17(12-15)32-23(24,25)26)13-20(29-21)27-14-16-8-5-6-11-19(16)31-4/h5-13H,14H2,1-4H3,(H2,27,28,29,30). The Labute approximate surface area is 184 Å². The van der Waals surface area contributed by atoms with Gasteiger partial charge in [0.25, 0.3) is 0 Å². The Kier molecular flexibility index (Phi) is 6.76. The third kappa shape index (κ3) is 6.76. The fourth-order valence-electron chi connectivity index (χ4n) is 2.96. The van der Waals surface area contributed by atoms with Crippen LogP contribution in [-0.2, 0) is 6.54 Å². The lowest BCUT2D eigenvalue weighted by atomic mass is 10.1. The van der Waals surface area contributed by atoms with Gasteiger partial charge in [-0.1, -0.05) is 30.3 Å². The number of nitrogens with one attached hydrogen (secondary N) is 2. The van der Waals surface area contributed by atoms with Crippen LogP contribution < -0.4 is 20.1 Å². The highest BCUT2D eigenvalue weighted by Gasteiger charge is 2.31. The van der Waals surface area contributed by atoms with Crippen LogP contribution in [0.3, 0.4) is 0 Å². The van der Waals surface area contributed by atoms with Gasteiger partial charge in [0.15, 0.2) is 0 Å². The van der Waals surface area contributed by atoms with Crippen molar-refractivity contribution in [3.63, 3.8) is 0 Å². The summed E-state index contributed by atoms with van der Waals surface area (Å²) in [6, 6.07) is 14.9. The second-order valence-corrected chi connectivity index (χ2v) is 8.08. The van der Waals surface area contributed by atoms with E-state index < -0.39 is 6.36 Å². The predicted molar refractivity (Wildman–Crippen MR) is 118 cm³/mol. The van der Waals surface area contributed by atoms with Crippen LogP contribution in [0.2, 0.25) is 0 Å². The number of alkyl halides is 3. The molecule has 0 saturated carbocycles. The molecule has 0 aliphatic rings. The number of rotatable bonds is 7. The van der Waals surface area contributed by atoms with Crippen molar-refractivity contribution in [3.05, 3.63) is 60.2 Å². The van der Waals surface area contributed by atoms with Gasteiger partial charge in [0.1, 0.15) is 17.3 Å². The quantitative estimate of drug-likeness (QED) is 0.473. The number of anilines is 2. The van der Waals surface area contributed by atoms with Crippen molar-refractivity contribution in [1.82, 2.24) is 9.97 Å². The highest BCUT2D eigenvalue weighted by Crippen LogP contribution is 2.29. The van der Waals surface area contributed by atoms with Gasteiger partial charge in [-0.15, -0.1) is 13.2 Å². The van der Waals surface area contributed by atoms with Crippen LogP contribution in [0.1, 0.15) is 26.3 Å². The van der Waals surface area contributed by atoms with Crippen molar-refractivity contribution in [2.45, 2.75) is 39.2 Å². The number of aromatic nitrogens is 2. The molecule has 3 rings (SSSR count). The van der Waals surface area contributed by atoms with Crippen LogP contribution >= 0.6 is 0 Å². The Morgan fingerprint density at radius 3 is 2.38 bits per heavy atom. The van der Waals surface area contributed by atoms with Gasteiger partial charge in [-0.05, 0) is 39.0 Å². The van der Waals surface area contributed by atoms with Crippen LogP contribution in [0.5, 0.6) is 11.5 Å². The first-order valence-corrected chi connectivity index (χ1v) is 9.92. The van der Waals surface area contributed by atoms with Crippen molar-refractivity contribution < 1.29 is 22.6 Å². The molecule has 0 aliphatic carbocycles. The molecule has 0 bridgehead atoms. The van der Waals surface area contributed by atoms with E-state index >= 15 is 0 Å². The molecule has 0 unspecified atom stereocenters. The minimum absolute atomic E-state index is 0.317. The fraction of sp³-hybridized carbons (Fsp3) is 0.304. The molecule has 1 heterocycles. The maximum absolute atomic E-state index is 12.6. The third-order valence-electron chi connectivity index (χ3n) is 4.23. The summed E-state index contributed by atoms with van der Waals surface area (Å²) in [4.78, 5) is 9.00. The lowest BCUT2D eigenvalue weighted by Crippen LogP contribution is -2.27. The fourth-order valence-corrected chi connectivity index (χ4v) is 2.96. The highest BCUT2D eigenvalue weighted by atomic mass is 19.4. The average molecular weight is 446 g/mol. The van der Waals surface area contributed by atoms with Crippen molar-refractivity contribution in [1.29, 1.82) is 0 Å². The number of benzene rings is 2. The van der Waals surface area contributed by atoms with Gasteiger partial charge in [-0.3, -0.25) is 0 Å². The first-order valence-electron chi connectivity index (χ1n) is 9.92. The molecule has 0 aliphatic heterocycles. The number of hydrogen-bond acceptors (Lipinski definition) is 6. The van der Waals surface area contributed by atoms with E-state index in [0.29, 0.717) is 29.6 Å². The molecule has 3 aromatic rings. The number of hydrogen-bond donors (Lipinski definition) is 2. The first-order chi connectivity index (χ1) is 15.0. The monoisotopic (exact) mass is 446 g/mol. The molecule has 170 valence electrons. The van der Waals surface area contributed by atoms with Gasteiger partial charge in [0, 0.05) is 29.3 Å². The molecule has 0 atom stereocenters. The van der Waals surface area contributed by atoms with E-state index in [4.69, 9.17) is 4.74 Å². The number of ether oxygens (including phenoxy) is 2. The molecule has 2 N–H and O–H groups in total. The summed E-state index contributed by atoms with van der Waals surface area (Å²) < 4.78 is 47.3. The summed E-state index contributed by atoms with van der Waals surface area (Å²) in [6.45, 7) is 6.32. The van der Waals surface area contributed by atoms with E-state index in [2.05, 4.69) is 25.3 Å². The average Bonchev–Trinajstić information content (AvgIpc) is 2.70. The van der Waals surface area contributed by atoms with Gasteiger partial charge in [0.05, 0.1) is 12.8 Å². The summed E-state index contributed by atoms with van der Waals surface area (Å²) in [6.07, 6.45) is -4.77. The van der Waals surface area contributed by atoms with Crippen molar-refractivity contribution >= 4 is 11.8 Å². The smallest absolute Gasteiger partial charge is 0.496 e. The van der Waals surface area contributed by atoms with Crippen LogP contribution in [0.25, 0.3) is 11.3 Å². The van der Waals surface area contributed by atoms with Crippen LogP contribution in [-0.4, -0.2) is 29.0 Å². The van der Waals surface area contributed by atoms with Gasteiger partial charge in [0.2, 0.25) is 5.95 Å². The van der Waals surface area contributed by atoms with Crippen LogP contribution in [0, 0.1) is 0 Å². The van der Waals surface area contributed by atoms with Gasteiger partial charge < -0.3 is 20.1 Å². The Balaban J connectivity index is 1.94. The molecule has 0 saturated heterocycles. The Morgan fingerprint density at radius 2 is 1.69 bits per heavy atom. The largest absolute Gasteiger partial charge is 0.573 e. The zero-order valence-electron chi connectivity index (χ0n) is 18.2. The van der Waals surface area contributed by atoms with E-state index in [1.807, 2.05) is 45.0 Å². The first kappa shape index (κ1) is 23.2. The minimum atomic E-state index is -4.77. The van der Waals surface area contributed by atoms with E-state index in [9.17, 15) is 13.2 Å². The topological polar surface area (TPSA) is 68.3 Å². The molecule has 0 radical (unpaired) electrons. The van der Waals surface area contributed by atoms with Crippen LogP contribution in [0.15, 0.2) is 54.6 Å². The molecule has 2 aromatic carbocycles. The number of halogens is 3. The summed E-state index contributed by atoms with van der Waals surface area (Å²) in [5.41, 5.74) is 1.52.